The standard InChI is InChI=1S/C21H31N3O/c25-21(24-14-6-9-20(17-24)23-12-3-4-13-23)19-8-5-7-18(15-19)16-22-10-1-2-11-22/h5,7-8,15,20H,1-4,6,9-14,16-17H2. The second-order valence-electron chi connectivity index (χ2n) is 7.97. The zero-order chi connectivity index (χ0) is 17.1. The number of benzene rings is 1. The average Bonchev–Trinajstić information content (AvgIpc) is 3.35. The zero-order valence-corrected chi connectivity index (χ0v) is 15.3. The lowest BCUT2D eigenvalue weighted by Gasteiger charge is -2.37. The lowest BCUT2D eigenvalue weighted by Crippen LogP contribution is -2.49. The third-order valence-corrected chi connectivity index (χ3v) is 6.12. The SMILES string of the molecule is O=C(c1cccc(CN2CCCC2)c1)N1CCCC(N2CCCC2)C1. The van der Waals surface area contributed by atoms with Gasteiger partial charge in [0.25, 0.3) is 5.91 Å². The number of hydrogen-bond donors (Lipinski definition) is 0. The van der Waals surface area contributed by atoms with Crippen LogP contribution in [0.1, 0.15) is 54.4 Å². The second-order valence-corrected chi connectivity index (χ2v) is 7.97. The summed E-state index contributed by atoms with van der Waals surface area (Å²) < 4.78 is 0. The topological polar surface area (TPSA) is 26.8 Å². The summed E-state index contributed by atoms with van der Waals surface area (Å²) in [6.45, 7) is 7.64. The molecule has 4 heteroatoms. The Bertz CT molecular complexity index is 591. The Labute approximate surface area is 151 Å². The van der Waals surface area contributed by atoms with Crippen molar-refractivity contribution in [3.8, 4) is 0 Å². The van der Waals surface area contributed by atoms with Crippen molar-refractivity contribution < 1.29 is 4.79 Å². The van der Waals surface area contributed by atoms with Crippen molar-refractivity contribution in [2.75, 3.05) is 39.3 Å². The molecule has 1 atom stereocenters. The van der Waals surface area contributed by atoms with Crippen LogP contribution in [0.4, 0.5) is 0 Å². The first kappa shape index (κ1) is 17.0. The Morgan fingerprint density at radius 3 is 2.52 bits per heavy atom. The number of rotatable bonds is 4. The Balaban J connectivity index is 1.41. The van der Waals surface area contributed by atoms with Crippen LogP contribution in [0.15, 0.2) is 24.3 Å². The predicted octanol–water partition coefficient (Wildman–Crippen LogP) is 2.98. The number of nitrogens with zero attached hydrogens (tertiary/aromatic N) is 3. The average molecular weight is 341 g/mol. The molecule has 0 spiro atoms. The molecule has 3 heterocycles. The summed E-state index contributed by atoms with van der Waals surface area (Å²) in [6.07, 6.45) is 7.65. The monoisotopic (exact) mass is 341 g/mol. The number of likely N-dealkylation sites (tertiary alicyclic amines) is 3. The van der Waals surface area contributed by atoms with E-state index in [0.29, 0.717) is 6.04 Å². The molecular weight excluding hydrogens is 310 g/mol. The van der Waals surface area contributed by atoms with Gasteiger partial charge in [-0.2, -0.15) is 0 Å². The summed E-state index contributed by atoms with van der Waals surface area (Å²) in [5.41, 5.74) is 2.15. The van der Waals surface area contributed by atoms with Gasteiger partial charge in [0.05, 0.1) is 0 Å². The number of carbonyl (C=O) groups excluding carboxylic acids is 1. The fraction of sp³-hybridized carbons (Fsp3) is 0.667. The van der Waals surface area contributed by atoms with E-state index in [1.54, 1.807) is 0 Å². The smallest absolute Gasteiger partial charge is 0.253 e. The summed E-state index contributed by atoms with van der Waals surface area (Å²) >= 11 is 0. The molecule has 0 radical (unpaired) electrons. The number of hydrogen-bond acceptors (Lipinski definition) is 3. The molecule has 25 heavy (non-hydrogen) atoms. The Hall–Kier alpha value is -1.39. The molecule has 3 saturated heterocycles. The predicted molar refractivity (Wildman–Crippen MR) is 101 cm³/mol. The fourth-order valence-electron chi connectivity index (χ4n) is 4.73. The van der Waals surface area contributed by atoms with Crippen LogP contribution in [0.3, 0.4) is 0 Å². The highest BCUT2D eigenvalue weighted by Crippen LogP contribution is 2.22. The van der Waals surface area contributed by atoms with Crippen molar-refractivity contribution in [2.45, 2.75) is 51.1 Å². The maximum Gasteiger partial charge on any atom is 0.253 e. The van der Waals surface area contributed by atoms with Gasteiger partial charge < -0.3 is 4.90 Å². The maximum atomic E-state index is 13.0. The molecule has 3 fully saturated rings. The van der Waals surface area contributed by atoms with Crippen LogP contribution in [-0.2, 0) is 6.54 Å². The van der Waals surface area contributed by atoms with E-state index in [1.807, 2.05) is 6.07 Å². The highest BCUT2D eigenvalue weighted by Gasteiger charge is 2.29. The molecule has 0 N–H and O–H groups in total. The third-order valence-electron chi connectivity index (χ3n) is 6.12. The van der Waals surface area contributed by atoms with Crippen molar-refractivity contribution in [2.24, 2.45) is 0 Å². The van der Waals surface area contributed by atoms with Crippen LogP contribution in [-0.4, -0.2) is 65.9 Å². The van der Waals surface area contributed by atoms with Crippen LogP contribution in [0, 0.1) is 0 Å². The largest absolute Gasteiger partial charge is 0.337 e. The van der Waals surface area contributed by atoms with E-state index in [9.17, 15) is 4.79 Å². The molecule has 1 unspecified atom stereocenters. The van der Waals surface area contributed by atoms with Gasteiger partial charge in [0.2, 0.25) is 0 Å². The molecule has 0 aromatic heterocycles. The van der Waals surface area contributed by atoms with E-state index < -0.39 is 0 Å². The molecule has 1 aromatic rings. The zero-order valence-electron chi connectivity index (χ0n) is 15.3. The molecule has 1 aromatic carbocycles. The van der Waals surface area contributed by atoms with Gasteiger partial charge in [-0.3, -0.25) is 14.6 Å². The van der Waals surface area contributed by atoms with E-state index in [4.69, 9.17) is 0 Å². The molecule has 0 aliphatic carbocycles. The summed E-state index contributed by atoms with van der Waals surface area (Å²) in [4.78, 5) is 20.2. The molecule has 1 amide bonds. The third kappa shape index (κ3) is 4.06. The summed E-state index contributed by atoms with van der Waals surface area (Å²) in [7, 11) is 0. The van der Waals surface area contributed by atoms with E-state index in [0.717, 1.165) is 31.6 Å². The summed E-state index contributed by atoms with van der Waals surface area (Å²) in [6, 6.07) is 8.92. The molecule has 0 bridgehead atoms. The first-order valence-electron chi connectivity index (χ1n) is 10.1. The molecule has 4 rings (SSSR count). The first-order valence-corrected chi connectivity index (χ1v) is 10.1. The van der Waals surface area contributed by atoms with Crippen LogP contribution in [0.2, 0.25) is 0 Å². The maximum absolute atomic E-state index is 13.0. The number of amides is 1. The lowest BCUT2D eigenvalue weighted by atomic mass is 10.0. The minimum absolute atomic E-state index is 0.229. The van der Waals surface area contributed by atoms with Crippen molar-refractivity contribution in [3.05, 3.63) is 35.4 Å². The quantitative estimate of drug-likeness (QED) is 0.842. The summed E-state index contributed by atoms with van der Waals surface area (Å²) in [5, 5.41) is 0. The summed E-state index contributed by atoms with van der Waals surface area (Å²) in [5.74, 6) is 0.229. The molecule has 3 aliphatic rings. The van der Waals surface area contributed by atoms with E-state index >= 15 is 0 Å². The van der Waals surface area contributed by atoms with E-state index in [-0.39, 0.29) is 5.91 Å². The van der Waals surface area contributed by atoms with Crippen molar-refractivity contribution in [3.63, 3.8) is 0 Å². The van der Waals surface area contributed by atoms with Crippen LogP contribution in [0.5, 0.6) is 0 Å². The highest BCUT2D eigenvalue weighted by atomic mass is 16.2. The lowest BCUT2D eigenvalue weighted by molar-refractivity contribution is 0.0607. The van der Waals surface area contributed by atoms with Crippen molar-refractivity contribution in [1.29, 1.82) is 0 Å². The normalized spacial score (nSPS) is 25.6. The van der Waals surface area contributed by atoms with Gasteiger partial charge in [-0.05, 0) is 82.4 Å². The van der Waals surface area contributed by atoms with Crippen molar-refractivity contribution in [1.82, 2.24) is 14.7 Å². The Kier molecular flexibility index (Phi) is 5.37. The molecule has 3 aliphatic heterocycles. The molecular formula is C21H31N3O. The number of carbonyl (C=O) groups is 1. The first-order chi connectivity index (χ1) is 12.3. The van der Waals surface area contributed by atoms with Crippen LogP contribution >= 0.6 is 0 Å². The fourth-order valence-corrected chi connectivity index (χ4v) is 4.73. The molecule has 0 saturated carbocycles. The van der Waals surface area contributed by atoms with Crippen LogP contribution < -0.4 is 0 Å². The van der Waals surface area contributed by atoms with Crippen LogP contribution in [0.25, 0.3) is 0 Å². The second kappa shape index (κ2) is 7.88. The number of piperidine rings is 1. The highest BCUT2D eigenvalue weighted by molar-refractivity contribution is 5.94. The van der Waals surface area contributed by atoms with Gasteiger partial charge in [0.15, 0.2) is 0 Å². The molecule has 4 nitrogen and oxygen atoms in total. The Morgan fingerprint density at radius 2 is 1.72 bits per heavy atom. The van der Waals surface area contributed by atoms with Gasteiger partial charge in [-0.15, -0.1) is 0 Å². The van der Waals surface area contributed by atoms with E-state index in [1.165, 1.54) is 63.8 Å². The van der Waals surface area contributed by atoms with Gasteiger partial charge >= 0.3 is 0 Å². The van der Waals surface area contributed by atoms with Gasteiger partial charge in [0.1, 0.15) is 0 Å². The Morgan fingerprint density at radius 1 is 0.960 bits per heavy atom. The minimum Gasteiger partial charge on any atom is -0.337 e. The van der Waals surface area contributed by atoms with E-state index in [2.05, 4.69) is 32.9 Å². The van der Waals surface area contributed by atoms with Crippen molar-refractivity contribution >= 4 is 5.91 Å². The minimum atomic E-state index is 0.229. The van der Waals surface area contributed by atoms with Gasteiger partial charge in [0, 0.05) is 31.2 Å². The van der Waals surface area contributed by atoms with Gasteiger partial charge in [-0.1, -0.05) is 12.1 Å². The molecule has 136 valence electrons. The van der Waals surface area contributed by atoms with Gasteiger partial charge in [-0.25, -0.2) is 0 Å².